The number of aryl methyl sites for hydroxylation is 1. The molecular weight excluding hydrogens is 192 g/mol. The number of benzene rings is 1. The van der Waals surface area contributed by atoms with Crippen molar-refractivity contribution in [3.05, 3.63) is 35.4 Å². The summed E-state index contributed by atoms with van der Waals surface area (Å²) in [5.74, 6) is -0.704. The summed E-state index contributed by atoms with van der Waals surface area (Å²) in [6.45, 7) is 2.03. The fraction of sp³-hybridized carbons (Fsp3) is 0.250. The second-order valence-corrected chi connectivity index (χ2v) is 3.31. The van der Waals surface area contributed by atoms with Gasteiger partial charge in [0, 0.05) is 6.08 Å². The van der Waals surface area contributed by atoms with E-state index in [9.17, 15) is 9.90 Å². The lowest BCUT2D eigenvalue weighted by Gasteiger charge is -2.03. The third-order valence-electron chi connectivity index (χ3n) is 2.04. The Morgan fingerprint density at radius 1 is 1.47 bits per heavy atom. The minimum absolute atomic E-state index is 0.268. The van der Waals surface area contributed by atoms with Crippen molar-refractivity contribution in [3.63, 3.8) is 0 Å². The van der Waals surface area contributed by atoms with Crippen molar-refractivity contribution < 1.29 is 15.0 Å². The molecule has 0 aliphatic carbocycles. The van der Waals surface area contributed by atoms with Crippen molar-refractivity contribution in [2.75, 3.05) is 0 Å². The summed E-state index contributed by atoms with van der Waals surface area (Å²) in [6, 6.07) is 5.08. The molecule has 0 radical (unpaired) electrons. The number of carboxylic acids is 1. The molecule has 2 N–H and O–H groups in total. The van der Waals surface area contributed by atoms with Crippen LogP contribution in [-0.4, -0.2) is 16.2 Å². The van der Waals surface area contributed by atoms with Gasteiger partial charge in [-0.15, -0.1) is 0 Å². The van der Waals surface area contributed by atoms with E-state index in [0.29, 0.717) is 0 Å². The summed E-state index contributed by atoms with van der Waals surface area (Å²) in [6.07, 6.45) is 4.34. The summed E-state index contributed by atoms with van der Waals surface area (Å²) in [5, 5.41) is 18.0. The van der Waals surface area contributed by atoms with Gasteiger partial charge in [-0.05, 0) is 35.8 Å². The fourth-order valence-electron chi connectivity index (χ4n) is 1.35. The molecule has 3 heteroatoms. The Bertz CT molecular complexity index is 380. The molecule has 0 atom stereocenters. The maximum absolute atomic E-state index is 10.3. The van der Waals surface area contributed by atoms with Gasteiger partial charge in [-0.1, -0.05) is 19.4 Å². The molecule has 0 saturated carbocycles. The number of phenolic OH excluding ortho intramolecular Hbond substituents is 1. The smallest absolute Gasteiger partial charge is 0.328 e. The number of hydrogen-bond donors (Lipinski definition) is 2. The number of aromatic hydroxyl groups is 1. The van der Waals surface area contributed by atoms with Crippen molar-refractivity contribution in [2.45, 2.75) is 19.8 Å². The molecule has 0 fully saturated rings. The first-order valence-electron chi connectivity index (χ1n) is 4.86. The van der Waals surface area contributed by atoms with Crippen LogP contribution in [-0.2, 0) is 11.2 Å². The van der Waals surface area contributed by atoms with E-state index in [-0.39, 0.29) is 5.75 Å². The Morgan fingerprint density at radius 3 is 2.80 bits per heavy atom. The summed E-state index contributed by atoms with van der Waals surface area (Å²) < 4.78 is 0. The number of aliphatic carboxylic acids is 1. The zero-order valence-electron chi connectivity index (χ0n) is 8.60. The van der Waals surface area contributed by atoms with Gasteiger partial charge >= 0.3 is 5.97 Å². The van der Waals surface area contributed by atoms with Gasteiger partial charge in [0.15, 0.2) is 0 Å². The van der Waals surface area contributed by atoms with Gasteiger partial charge in [0.25, 0.3) is 0 Å². The predicted octanol–water partition coefficient (Wildman–Crippen LogP) is 2.44. The molecule has 1 rings (SSSR count). The number of carboxylic acid groups (broad SMARTS) is 1. The molecule has 0 spiro atoms. The molecule has 0 bridgehead atoms. The maximum atomic E-state index is 10.3. The van der Waals surface area contributed by atoms with Gasteiger partial charge in [-0.3, -0.25) is 0 Å². The van der Waals surface area contributed by atoms with Crippen LogP contribution in [0, 0.1) is 0 Å². The van der Waals surface area contributed by atoms with E-state index in [4.69, 9.17) is 5.11 Å². The van der Waals surface area contributed by atoms with E-state index in [0.717, 1.165) is 30.0 Å². The van der Waals surface area contributed by atoms with Gasteiger partial charge in [0.2, 0.25) is 0 Å². The van der Waals surface area contributed by atoms with E-state index >= 15 is 0 Å². The lowest BCUT2D eigenvalue weighted by molar-refractivity contribution is -0.131. The SMILES string of the molecule is CCCc1cc(/C=C/C(=O)O)ccc1O. The van der Waals surface area contributed by atoms with Crippen molar-refractivity contribution >= 4 is 12.0 Å². The quantitative estimate of drug-likeness (QED) is 0.744. The molecule has 1 aromatic rings. The molecule has 0 aliphatic rings. The third kappa shape index (κ3) is 3.46. The van der Waals surface area contributed by atoms with Crippen LogP contribution in [0.15, 0.2) is 24.3 Å². The molecule has 3 nitrogen and oxygen atoms in total. The second kappa shape index (κ2) is 5.20. The highest BCUT2D eigenvalue weighted by molar-refractivity contribution is 5.85. The van der Waals surface area contributed by atoms with E-state index in [1.807, 2.05) is 6.92 Å². The normalized spacial score (nSPS) is 10.7. The van der Waals surface area contributed by atoms with Crippen LogP contribution in [0.5, 0.6) is 5.75 Å². The van der Waals surface area contributed by atoms with Crippen LogP contribution in [0.3, 0.4) is 0 Å². The maximum Gasteiger partial charge on any atom is 0.328 e. The minimum Gasteiger partial charge on any atom is -0.508 e. The van der Waals surface area contributed by atoms with Crippen LogP contribution in [0.25, 0.3) is 6.08 Å². The summed E-state index contributed by atoms with van der Waals surface area (Å²) in [5.41, 5.74) is 1.64. The summed E-state index contributed by atoms with van der Waals surface area (Å²) >= 11 is 0. The van der Waals surface area contributed by atoms with Crippen LogP contribution in [0.4, 0.5) is 0 Å². The molecule has 0 saturated heterocycles. The molecule has 1 aromatic carbocycles. The third-order valence-corrected chi connectivity index (χ3v) is 2.04. The first kappa shape index (κ1) is 11.3. The zero-order valence-corrected chi connectivity index (χ0v) is 8.60. The molecule has 80 valence electrons. The molecule has 0 amide bonds. The van der Waals surface area contributed by atoms with Gasteiger partial charge in [-0.2, -0.15) is 0 Å². The van der Waals surface area contributed by atoms with Crippen molar-refractivity contribution in [2.24, 2.45) is 0 Å². The monoisotopic (exact) mass is 206 g/mol. The fourth-order valence-corrected chi connectivity index (χ4v) is 1.35. The van der Waals surface area contributed by atoms with E-state index in [1.54, 1.807) is 18.2 Å². The lowest BCUT2D eigenvalue weighted by atomic mass is 10.1. The molecule has 15 heavy (non-hydrogen) atoms. The Labute approximate surface area is 88.7 Å². The van der Waals surface area contributed by atoms with E-state index in [1.165, 1.54) is 6.08 Å². The lowest BCUT2D eigenvalue weighted by Crippen LogP contribution is -1.88. The van der Waals surface area contributed by atoms with Crippen LogP contribution < -0.4 is 0 Å². The number of rotatable bonds is 4. The Balaban J connectivity index is 2.91. The number of hydrogen-bond acceptors (Lipinski definition) is 2. The second-order valence-electron chi connectivity index (χ2n) is 3.31. The highest BCUT2D eigenvalue weighted by atomic mass is 16.4. The zero-order chi connectivity index (χ0) is 11.3. The van der Waals surface area contributed by atoms with Gasteiger partial charge in [-0.25, -0.2) is 4.79 Å². The first-order chi connectivity index (χ1) is 7.13. The highest BCUT2D eigenvalue weighted by Crippen LogP contribution is 2.20. The number of carbonyl (C=O) groups is 1. The number of phenols is 1. The van der Waals surface area contributed by atoms with Crippen LogP contribution in [0.2, 0.25) is 0 Å². The topological polar surface area (TPSA) is 57.5 Å². The minimum atomic E-state index is -0.972. The Hall–Kier alpha value is -1.77. The van der Waals surface area contributed by atoms with Crippen molar-refractivity contribution in [3.8, 4) is 5.75 Å². The first-order valence-corrected chi connectivity index (χ1v) is 4.86. The highest BCUT2D eigenvalue weighted by Gasteiger charge is 2.00. The van der Waals surface area contributed by atoms with Crippen molar-refractivity contribution in [1.82, 2.24) is 0 Å². The summed E-state index contributed by atoms with van der Waals surface area (Å²) in [4.78, 5) is 10.3. The standard InChI is InChI=1S/C12H14O3/c1-2-3-10-8-9(4-6-11(10)13)5-7-12(14)15/h4-8,13H,2-3H2,1H3,(H,14,15)/b7-5+. The largest absolute Gasteiger partial charge is 0.508 e. The average molecular weight is 206 g/mol. The van der Waals surface area contributed by atoms with E-state index < -0.39 is 5.97 Å². The molecular formula is C12H14O3. The average Bonchev–Trinajstić information content (AvgIpc) is 2.19. The summed E-state index contributed by atoms with van der Waals surface area (Å²) in [7, 11) is 0. The van der Waals surface area contributed by atoms with Gasteiger partial charge in [0.05, 0.1) is 0 Å². The van der Waals surface area contributed by atoms with Crippen molar-refractivity contribution in [1.29, 1.82) is 0 Å². The van der Waals surface area contributed by atoms with Gasteiger partial charge in [0.1, 0.15) is 5.75 Å². The molecule has 0 aliphatic heterocycles. The molecule has 0 heterocycles. The van der Waals surface area contributed by atoms with E-state index in [2.05, 4.69) is 0 Å². The molecule has 0 aromatic heterocycles. The predicted molar refractivity (Wildman–Crippen MR) is 58.8 cm³/mol. The van der Waals surface area contributed by atoms with Gasteiger partial charge < -0.3 is 10.2 Å². The Kier molecular flexibility index (Phi) is 3.92. The molecule has 0 unspecified atom stereocenters. The Morgan fingerprint density at radius 2 is 2.20 bits per heavy atom. The van der Waals surface area contributed by atoms with Crippen LogP contribution in [0.1, 0.15) is 24.5 Å². The van der Waals surface area contributed by atoms with Crippen LogP contribution >= 0.6 is 0 Å².